The average molecular weight is 307 g/mol. The molecule has 7 heteroatoms. The molecule has 0 saturated heterocycles. The number of nitrogens with one attached hydrogen (secondary N) is 2. The molecule has 2 rings (SSSR count). The number of pyridine rings is 1. The number of hydrogen-bond acceptors (Lipinski definition) is 3. The number of hydrogen-bond donors (Lipinski definition) is 2. The first-order chi connectivity index (χ1) is 10.6. The smallest absolute Gasteiger partial charge is 0.387 e. The summed E-state index contributed by atoms with van der Waals surface area (Å²) in [6.45, 7) is -0.981. The molecule has 0 radical (unpaired) electrons. The normalized spacial score (nSPS) is 10.4. The highest BCUT2D eigenvalue weighted by Crippen LogP contribution is 2.26. The summed E-state index contributed by atoms with van der Waals surface area (Å²) in [5.41, 5.74) is 1.74. The van der Waals surface area contributed by atoms with Gasteiger partial charge >= 0.3 is 12.6 Å². The number of nitrogens with zero attached hydrogens (tertiary/aromatic N) is 1. The van der Waals surface area contributed by atoms with Gasteiger partial charge in [-0.3, -0.25) is 4.98 Å². The number of carbonyl (C=O) groups is 1. The molecule has 0 saturated carbocycles. The zero-order chi connectivity index (χ0) is 15.9. The molecule has 2 amide bonds. The Hall–Kier alpha value is -2.70. The van der Waals surface area contributed by atoms with Gasteiger partial charge in [-0.05, 0) is 36.8 Å². The van der Waals surface area contributed by atoms with E-state index >= 15 is 0 Å². The van der Waals surface area contributed by atoms with Crippen molar-refractivity contribution in [3.8, 4) is 5.75 Å². The standard InChI is InChI=1S/C15H15F2N3O2/c1-10-12(3-2-4-13(10)22-14(16)17)20-15(21)19-9-11-5-7-18-8-6-11/h2-8,14H,9H2,1H3,(H2,19,20,21). The van der Waals surface area contributed by atoms with Crippen LogP contribution in [0.3, 0.4) is 0 Å². The second-order valence-electron chi connectivity index (χ2n) is 4.47. The molecule has 1 aromatic carbocycles. The molecule has 0 aliphatic heterocycles. The van der Waals surface area contributed by atoms with E-state index in [1.807, 2.05) is 0 Å². The second-order valence-corrected chi connectivity index (χ2v) is 4.47. The molecule has 0 aliphatic rings. The highest BCUT2D eigenvalue weighted by atomic mass is 19.3. The lowest BCUT2D eigenvalue weighted by molar-refractivity contribution is -0.0502. The molecule has 2 aromatic rings. The molecule has 116 valence electrons. The van der Waals surface area contributed by atoms with Crippen molar-refractivity contribution in [2.45, 2.75) is 20.1 Å². The molecular formula is C15H15F2N3O2. The van der Waals surface area contributed by atoms with E-state index < -0.39 is 12.6 Å². The Bertz CT molecular complexity index is 636. The first-order valence-corrected chi connectivity index (χ1v) is 6.54. The molecule has 0 spiro atoms. The zero-order valence-corrected chi connectivity index (χ0v) is 11.8. The molecule has 0 fully saturated rings. The molecule has 0 unspecified atom stereocenters. The molecule has 0 bridgehead atoms. The van der Waals surface area contributed by atoms with E-state index in [-0.39, 0.29) is 5.75 Å². The predicted molar refractivity (Wildman–Crippen MR) is 77.9 cm³/mol. The summed E-state index contributed by atoms with van der Waals surface area (Å²) in [4.78, 5) is 15.7. The lowest BCUT2D eigenvalue weighted by Crippen LogP contribution is -2.28. The molecular weight excluding hydrogens is 292 g/mol. The van der Waals surface area contributed by atoms with Gasteiger partial charge in [0.15, 0.2) is 0 Å². The number of anilines is 1. The van der Waals surface area contributed by atoms with Gasteiger partial charge in [0.25, 0.3) is 0 Å². The third-order valence-corrected chi connectivity index (χ3v) is 2.95. The Kier molecular flexibility index (Phi) is 5.24. The summed E-state index contributed by atoms with van der Waals surface area (Å²) in [6.07, 6.45) is 3.26. The maximum atomic E-state index is 12.3. The fraction of sp³-hybridized carbons (Fsp3) is 0.200. The van der Waals surface area contributed by atoms with Crippen LogP contribution in [0.2, 0.25) is 0 Å². The second kappa shape index (κ2) is 7.35. The summed E-state index contributed by atoms with van der Waals surface area (Å²) in [5, 5.41) is 5.27. The van der Waals surface area contributed by atoms with Crippen molar-refractivity contribution in [3.05, 3.63) is 53.9 Å². The van der Waals surface area contributed by atoms with E-state index in [0.29, 0.717) is 17.8 Å². The molecule has 2 N–H and O–H groups in total. The van der Waals surface area contributed by atoms with Crippen LogP contribution in [0, 0.1) is 6.92 Å². The third kappa shape index (κ3) is 4.41. The largest absolute Gasteiger partial charge is 0.434 e. The van der Waals surface area contributed by atoms with Crippen molar-refractivity contribution in [2.24, 2.45) is 0 Å². The summed E-state index contributed by atoms with van der Waals surface area (Å²) < 4.78 is 28.9. The lowest BCUT2D eigenvalue weighted by atomic mass is 10.2. The third-order valence-electron chi connectivity index (χ3n) is 2.95. The van der Waals surface area contributed by atoms with Crippen LogP contribution in [-0.2, 0) is 6.54 Å². The fourth-order valence-electron chi connectivity index (χ4n) is 1.82. The van der Waals surface area contributed by atoms with Crippen molar-refractivity contribution >= 4 is 11.7 Å². The van der Waals surface area contributed by atoms with Crippen LogP contribution < -0.4 is 15.4 Å². The van der Waals surface area contributed by atoms with Crippen LogP contribution in [-0.4, -0.2) is 17.6 Å². The minimum Gasteiger partial charge on any atom is -0.434 e. The summed E-state index contributed by atoms with van der Waals surface area (Å²) in [7, 11) is 0. The zero-order valence-electron chi connectivity index (χ0n) is 11.8. The monoisotopic (exact) mass is 307 g/mol. The minimum absolute atomic E-state index is 0.0296. The van der Waals surface area contributed by atoms with E-state index in [0.717, 1.165) is 5.56 Å². The van der Waals surface area contributed by atoms with Gasteiger partial charge in [-0.1, -0.05) is 6.07 Å². The highest BCUT2D eigenvalue weighted by molar-refractivity contribution is 5.90. The Morgan fingerprint density at radius 2 is 2.00 bits per heavy atom. The van der Waals surface area contributed by atoms with Gasteiger partial charge in [-0.2, -0.15) is 8.78 Å². The number of amides is 2. The van der Waals surface area contributed by atoms with E-state index in [2.05, 4.69) is 20.4 Å². The molecule has 1 aromatic heterocycles. The van der Waals surface area contributed by atoms with Gasteiger partial charge in [0.1, 0.15) is 5.75 Å². The summed E-state index contributed by atoms with van der Waals surface area (Å²) in [6, 6.07) is 7.68. The SMILES string of the molecule is Cc1c(NC(=O)NCc2ccncc2)cccc1OC(F)F. The Morgan fingerprint density at radius 1 is 1.27 bits per heavy atom. The van der Waals surface area contributed by atoms with Gasteiger partial charge in [0, 0.05) is 30.2 Å². The van der Waals surface area contributed by atoms with E-state index in [1.54, 1.807) is 37.5 Å². The number of alkyl halides is 2. The van der Waals surface area contributed by atoms with Crippen molar-refractivity contribution < 1.29 is 18.3 Å². The highest BCUT2D eigenvalue weighted by Gasteiger charge is 2.11. The molecule has 5 nitrogen and oxygen atoms in total. The van der Waals surface area contributed by atoms with Crippen molar-refractivity contribution in [2.75, 3.05) is 5.32 Å². The van der Waals surface area contributed by atoms with Gasteiger partial charge in [0.2, 0.25) is 0 Å². The Labute approximate surface area is 126 Å². The van der Waals surface area contributed by atoms with Gasteiger partial charge in [-0.25, -0.2) is 4.79 Å². The van der Waals surface area contributed by atoms with Crippen LogP contribution in [0.5, 0.6) is 5.75 Å². The summed E-state index contributed by atoms with van der Waals surface area (Å²) in [5.74, 6) is 0.0296. The number of rotatable bonds is 5. The lowest BCUT2D eigenvalue weighted by Gasteiger charge is -2.13. The number of aromatic nitrogens is 1. The van der Waals surface area contributed by atoms with Crippen molar-refractivity contribution in [3.63, 3.8) is 0 Å². The van der Waals surface area contributed by atoms with Gasteiger partial charge in [-0.15, -0.1) is 0 Å². The maximum Gasteiger partial charge on any atom is 0.387 e. The van der Waals surface area contributed by atoms with Crippen LogP contribution in [0.25, 0.3) is 0 Å². The van der Waals surface area contributed by atoms with Gasteiger partial charge < -0.3 is 15.4 Å². The number of carbonyl (C=O) groups excluding carboxylic acids is 1. The quantitative estimate of drug-likeness (QED) is 0.890. The van der Waals surface area contributed by atoms with Crippen molar-refractivity contribution in [1.29, 1.82) is 0 Å². The first-order valence-electron chi connectivity index (χ1n) is 6.54. The number of halogens is 2. The van der Waals surface area contributed by atoms with E-state index in [9.17, 15) is 13.6 Å². The van der Waals surface area contributed by atoms with Crippen LogP contribution >= 0.6 is 0 Å². The Balaban J connectivity index is 1.96. The van der Waals surface area contributed by atoms with E-state index in [1.165, 1.54) is 12.1 Å². The first kappa shape index (κ1) is 15.7. The van der Waals surface area contributed by atoms with Crippen LogP contribution in [0.15, 0.2) is 42.7 Å². The van der Waals surface area contributed by atoms with E-state index in [4.69, 9.17) is 0 Å². The van der Waals surface area contributed by atoms with Crippen molar-refractivity contribution in [1.82, 2.24) is 10.3 Å². The molecule has 0 atom stereocenters. The average Bonchev–Trinajstić information content (AvgIpc) is 2.50. The number of ether oxygens (including phenoxy) is 1. The van der Waals surface area contributed by atoms with Crippen LogP contribution in [0.1, 0.15) is 11.1 Å². The molecule has 0 aliphatic carbocycles. The fourth-order valence-corrected chi connectivity index (χ4v) is 1.82. The Morgan fingerprint density at radius 3 is 2.68 bits per heavy atom. The minimum atomic E-state index is -2.91. The van der Waals surface area contributed by atoms with Crippen LogP contribution in [0.4, 0.5) is 19.3 Å². The molecule has 22 heavy (non-hydrogen) atoms. The van der Waals surface area contributed by atoms with Gasteiger partial charge in [0.05, 0.1) is 0 Å². The predicted octanol–water partition coefficient (Wildman–Crippen LogP) is 3.31. The maximum absolute atomic E-state index is 12.3. The summed E-state index contributed by atoms with van der Waals surface area (Å²) >= 11 is 0. The number of urea groups is 1. The topological polar surface area (TPSA) is 63.2 Å². The number of benzene rings is 1. The molecule has 1 heterocycles.